The van der Waals surface area contributed by atoms with Gasteiger partial charge in [0.1, 0.15) is 5.82 Å². The first-order valence-electron chi connectivity index (χ1n) is 6.29. The standard InChI is InChI=1S/C16H14FNO/c17-14-4-2-1-3-13(14)15(19)16(9-10-16)11-5-7-12(18)8-6-11/h1-8H,9-10,18H2. The highest BCUT2D eigenvalue weighted by molar-refractivity contribution is 6.06. The molecule has 0 atom stereocenters. The maximum atomic E-state index is 13.7. The van der Waals surface area contributed by atoms with Crippen LogP contribution in [-0.2, 0) is 5.41 Å². The Morgan fingerprint density at radius 2 is 1.68 bits per heavy atom. The second-order valence-electron chi connectivity index (χ2n) is 5.01. The van der Waals surface area contributed by atoms with Gasteiger partial charge in [0.25, 0.3) is 0 Å². The van der Waals surface area contributed by atoms with Gasteiger partial charge in [0.15, 0.2) is 5.78 Å². The zero-order valence-corrected chi connectivity index (χ0v) is 10.4. The number of hydrogen-bond acceptors (Lipinski definition) is 2. The highest BCUT2D eigenvalue weighted by Gasteiger charge is 2.51. The van der Waals surface area contributed by atoms with Gasteiger partial charge >= 0.3 is 0 Å². The molecule has 0 spiro atoms. The van der Waals surface area contributed by atoms with Gasteiger partial charge in [-0.05, 0) is 42.7 Å². The Bertz CT molecular complexity index is 629. The Morgan fingerprint density at radius 1 is 1.05 bits per heavy atom. The van der Waals surface area contributed by atoms with E-state index in [1.54, 1.807) is 30.3 Å². The number of Topliss-reactive ketones (excluding diaryl/α,β-unsaturated/α-hetero) is 1. The van der Waals surface area contributed by atoms with E-state index in [4.69, 9.17) is 5.73 Å². The van der Waals surface area contributed by atoms with Gasteiger partial charge in [-0.2, -0.15) is 0 Å². The van der Waals surface area contributed by atoms with Crippen LogP contribution in [0, 0.1) is 5.82 Å². The summed E-state index contributed by atoms with van der Waals surface area (Å²) >= 11 is 0. The van der Waals surface area contributed by atoms with Crippen molar-refractivity contribution in [2.75, 3.05) is 5.73 Å². The minimum atomic E-state index is -0.546. The van der Waals surface area contributed by atoms with Crippen LogP contribution in [0.25, 0.3) is 0 Å². The third kappa shape index (κ3) is 1.91. The summed E-state index contributed by atoms with van der Waals surface area (Å²) in [7, 11) is 0. The van der Waals surface area contributed by atoms with Gasteiger partial charge in [0.2, 0.25) is 0 Å². The topological polar surface area (TPSA) is 43.1 Å². The SMILES string of the molecule is Nc1ccc(C2(C(=O)c3ccccc3F)CC2)cc1. The summed E-state index contributed by atoms with van der Waals surface area (Å²) in [4.78, 5) is 12.6. The maximum absolute atomic E-state index is 13.7. The van der Waals surface area contributed by atoms with Crippen molar-refractivity contribution < 1.29 is 9.18 Å². The van der Waals surface area contributed by atoms with Crippen molar-refractivity contribution in [2.24, 2.45) is 0 Å². The number of nitrogens with two attached hydrogens (primary N) is 1. The van der Waals surface area contributed by atoms with Crippen LogP contribution in [0.2, 0.25) is 0 Å². The fourth-order valence-electron chi connectivity index (χ4n) is 2.48. The average Bonchev–Trinajstić information content (AvgIpc) is 3.21. The molecule has 96 valence electrons. The number of hydrogen-bond donors (Lipinski definition) is 1. The van der Waals surface area contributed by atoms with Crippen LogP contribution in [-0.4, -0.2) is 5.78 Å². The molecule has 3 rings (SSSR count). The summed E-state index contributed by atoms with van der Waals surface area (Å²) < 4.78 is 13.7. The largest absolute Gasteiger partial charge is 0.399 e. The normalized spacial score (nSPS) is 16.1. The molecule has 0 saturated heterocycles. The van der Waals surface area contributed by atoms with Crippen LogP contribution >= 0.6 is 0 Å². The lowest BCUT2D eigenvalue weighted by Gasteiger charge is -2.15. The molecule has 0 bridgehead atoms. The van der Waals surface area contributed by atoms with Crippen molar-refractivity contribution in [2.45, 2.75) is 18.3 Å². The second-order valence-corrected chi connectivity index (χ2v) is 5.01. The highest BCUT2D eigenvalue weighted by Crippen LogP contribution is 2.50. The van der Waals surface area contributed by atoms with Crippen molar-refractivity contribution in [3.8, 4) is 0 Å². The Kier molecular flexibility index (Phi) is 2.63. The van der Waals surface area contributed by atoms with Gasteiger partial charge in [-0.1, -0.05) is 24.3 Å². The van der Waals surface area contributed by atoms with Crippen LogP contribution in [0.15, 0.2) is 48.5 Å². The number of ketones is 1. The molecule has 2 N–H and O–H groups in total. The van der Waals surface area contributed by atoms with Crippen LogP contribution < -0.4 is 5.73 Å². The van der Waals surface area contributed by atoms with E-state index in [-0.39, 0.29) is 11.3 Å². The molecule has 0 aliphatic heterocycles. The first kappa shape index (κ1) is 11.9. The minimum Gasteiger partial charge on any atom is -0.399 e. The Labute approximate surface area is 111 Å². The smallest absolute Gasteiger partial charge is 0.176 e. The lowest BCUT2D eigenvalue weighted by molar-refractivity contribution is 0.0942. The summed E-state index contributed by atoms with van der Waals surface area (Å²) in [6.07, 6.45) is 1.54. The fourth-order valence-corrected chi connectivity index (χ4v) is 2.48. The molecule has 2 aromatic carbocycles. The molecule has 19 heavy (non-hydrogen) atoms. The molecule has 1 fully saturated rings. The third-order valence-electron chi connectivity index (χ3n) is 3.77. The van der Waals surface area contributed by atoms with Crippen LogP contribution in [0.3, 0.4) is 0 Å². The molecule has 2 nitrogen and oxygen atoms in total. The molecule has 0 aromatic heterocycles. The van der Waals surface area contributed by atoms with Crippen molar-refractivity contribution in [3.63, 3.8) is 0 Å². The predicted molar refractivity (Wildman–Crippen MR) is 72.5 cm³/mol. The van der Waals surface area contributed by atoms with Crippen LogP contribution in [0.1, 0.15) is 28.8 Å². The number of halogens is 1. The summed E-state index contributed by atoms with van der Waals surface area (Å²) in [5.41, 5.74) is 6.88. The summed E-state index contributed by atoms with van der Waals surface area (Å²) in [5.74, 6) is -0.579. The number of benzene rings is 2. The molecule has 0 unspecified atom stereocenters. The highest BCUT2D eigenvalue weighted by atomic mass is 19.1. The van der Waals surface area contributed by atoms with Gasteiger partial charge in [-0.25, -0.2) is 4.39 Å². The van der Waals surface area contributed by atoms with E-state index in [0.717, 1.165) is 18.4 Å². The molecule has 0 radical (unpaired) electrons. The fraction of sp³-hybridized carbons (Fsp3) is 0.188. The molecule has 2 aromatic rings. The third-order valence-corrected chi connectivity index (χ3v) is 3.77. The molecule has 1 aliphatic carbocycles. The number of carbonyl (C=O) groups excluding carboxylic acids is 1. The zero-order chi connectivity index (χ0) is 13.5. The zero-order valence-electron chi connectivity index (χ0n) is 10.4. The van der Waals surface area contributed by atoms with Gasteiger partial charge in [0.05, 0.1) is 11.0 Å². The Morgan fingerprint density at radius 3 is 2.26 bits per heavy atom. The molecule has 3 heteroatoms. The molecular formula is C16H14FNO. The summed E-state index contributed by atoms with van der Waals surface area (Å²) in [5, 5.41) is 0. The average molecular weight is 255 g/mol. The molecule has 1 aliphatic rings. The van der Waals surface area contributed by atoms with E-state index in [1.807, 2.05) is 12.1 Å². The minimum absolute atomic E-state index is 0.129. The molecule has 0 amide bonds. The summed E-state index contributed by atoms with van der Waals surface area (Å²) in [6, 6.07) is 13.4. The van der Waals surface area contributed by atoms with Crippen molar-refractivity contribution >= 4 is 11.5 Å². The Hall–Kier alpha value is -2.16. The predicted octanol–water partition coefficient (Wildman–Crippen LogP) is 3.32. The lowest BCUT2D eigenvalue weighted by Crippen LogP contribution is -2.21. The van der Waals surface area contributed by atoms with E-state index in [0.29, 0.717) is 5.69 Å². The van der Waals surface area contributed by atoms with E-state index in [1.165, 1.54) is 6.07 Å². The maximum Gasteiger partial charge on any atom is 0.176 e. The van der Waals surface area contributed by atoms with Crippen LogP contribution in [0.4, 0.5) is 10.1 Å². The molecular weight excluding hydrogens is 241 g/mol. The summed E-state index contributed by atoms with van der Waals surface area (Å²) in [6.45, 7) is 0. The van der Waals surface area contributed by atoms with E-state index >= 15 is 0 Å². The van der Waals surface area contributed by atoms with Crippen LogP contribution in [0.5, 0.6) is 0 Å². The number of nitrogen functional groups attached to an aromatic ring is 1. The van der Waals surface area contributed by atoms with Crippen molar-refractivity contribution in [3.05, 3.63) is 65.5 Å². The van der Waals surface area contributed by atoms with E-state index < -0.39 is 11.2 Å². The monoisotopic (exact) mass is 255 g/mol. The lowest BCUT2D eigenvalue weighted by atomic mass is 9.87. The van der Waals surface area contributed by atoms with Gasteiger partial charge < -0.3 is 5.73 Å². The van der Waals surface area contributed by atoms with Crippen molar-refractivity contribution in [1.82, 2.24) is 0 Å². The Balaban J connectivity index is 2.00. The van der Waals surface area contributed by atoms with Gasteiger partial charge in [-0.15, -0.1) is 0 Å². The first-order chi connectivity index (χ1) is 9.13. The van der Waals surface area contributed by atoms with E-state index in [9.17, 15) is 9.18 Å². The molecule has 0 heterocycles. The number of carbonyl (C=O) groups is 1. The van der Waals surface area contributed by atoms with Crippen molar-refractivity contribution in [1.29, 1.82) is 0 Å². The number of anilines is 1. The van der Waals surface area contributed by atoms with Gasteiger partial charge in [-0.3, -0.25) is 4.79 Å². The molecule has 1 saturated carbocycles. The first-order valence-corrected chi connectivity index (χ1v) is 6.29. The second kappa shape index (κ2) is 4.19. The quantitative estimate of drug-likeness (QED) is 0.675. The number of rotatable bonds is 3. The van der Waals surface area contributed by atoms with E-state index in [2.05, 4.69) is 0 Å². The van der Waals surface area contributed by atoms with Gasteiger partial charge in [0, 0.05) is 5.69 Å².